The molecule has 0 saturated carbocycles. The van der Waals surface area contributed by atoms with Gasteiger partial charge in [0.2, 0.25) is 5.91 Å². The molecular weight excluding hydrogens is 310 g/mol. The highest BCUT2D eigenvalue weighted by Gasteiger charge is 2.28. The van der Waals surface area contributed by atoms with Crippen molar-refractivity contribution in [3.63, 3.8) is 0 Å². The molecule has 0 atom stereocenters. The zero-order chi connectivity index (χ0) is 17.7. The maximum absolute atomic E-state index is 12.2. The van der Waals surface area contributed by atoms with Crippen LogP contribution in [0.5, 0.6) is 0 Å². The zero-order valence-corrected chi connectivity index (χ0v) is 14.5. The highest BCUT2D eigenvalue weighted by Crippen LogP contribution is 2.20. The number of Topliss-reactive ketones (excluding diaryl/α,β-unsaturated/α-hetero) is 1. The number of amides is 1. The second kappa shape index (κ2) is 8.08. The summed E-state index contributed by atoms with van der Waals surface area (Å²) in [6.45, 7) is 4.74. The zero-order valence-electron chi connectivity index (χ0n) is 14.5. The summed E-state index contributed by atoms with van der Waals surface area (Å²) < 4.78 is 6.79. The molecule has 0 aromatic carbocycles. The number of nitrogens with zero attached hydrogens (tertiary/aromatic N) is 3. The number of hydrogen-bond acceptors (Lipinski definition) is 5. The maximum Gasteiger partial charge on any atom is 0.309 e. The van der Waals surface area contributed by atoms with Crippen LogP contribution in [0.2, 0.25) is 0 Å². The largest absolute Gasteiger partial charge is 0.463 e. The van der Waals surface area contributed by atoms with Crippen LogP contribution in [0.1, 0.15) is 49.9 Å². The van der Waals surface area contributed by atoms with Gasteiger partial charge in [-0.3, -0.25) is 19.1 Å². The van der Waals surface area contributed by atoms with E-state index >= 15 is 0 Å². The molecule has 1 saturated heterocycles. The first-order chi connectivity index (χ1) is 11.4. The fourth-order valence-corrected chi connectivity index (χ4v) is 2.78. The van der Waals surface area contributed by atoms with Crippen LogP contribution in [-0.4, -0.2) is 51.5 Å². The highest BCUT2D eigenvalue weighted by atomic mass is 16.5. The SMILES string of the molecule is CC(C)OC(=O)C1CCN(C(=O)CCC(=O)c2cnn(C)c2)CC1. The predicted molar refractivity (Wildman–Crippen MR) is 87.3 cm³/mol. The lowest BCUT2D eigenvalue weighted by molar-refractivity contribution is -0.155. The average molecular weight is 335 g/mol. The molecule has 0 unspecified atom stereocenters. The van der Waals surface area contributed by atoms with E-state index in [2.05, 4.69) is 5.10 Å². The minimum atomic E-state index is -0.177. The third-order valence-corrected chi connectivity index (χ3v) is 4.13. The number of aryl methyl sites for hydroxylation is 1. The molecule has 7 nitrogen and oxygen atoms in total. The monoisotopic (exact) mass is 335 g/mol. The van der Waals surface area contributed by atoms with Crippen LogP contribution in [0.25, 0.3) is 0 Å². The summed E-state index contributed by atoms with van der Waals surface area (Å²) in [5, 5.41) is 3.96. The molecule has 0 spiro atoms. The van der Waals surface area contributed by atoms with Crippen molar-refractivity contribution in [2.45, 2.75) is 45.6 Å². The normalized spacial score (nSPS) is 15.6. The van der Waals surface area contributed by atoms with Gasteiger partial charge in [-0.2, -0.15) is 5.10 Å². The highest BCUT2D eigenvalue weighted by molar-refractivity contribution is 5.97. The van der Waals surface area contributed by atoms with Crippen LogP contribution in [-0.2, 0) is 21.4 Å². The van der Waals surface area contributed by atoms with Gasteiger partial charge in [0, 0.05) is 39.2 Å². The van der Waals surface area contributed by atoms with Crippen LogP contribution in [0, 0.1) is 5.92 Å². The Kier molecular flexibility index (Phi) is 6.11. The van der Waals surface area contributed by atoms with Crippen LogP contribution < -0.4 is 0 Å². The molecule has 1 aliphatic rings. The Morgan fingerprint density at radius 3 is 2.46 bits per heavy atom. The Bertz CT molecular complexity index is 601. The van der Waals surface area contributed by atoms with Gasteiger partial charge < -0.3 is 9.64 Å². The summed E-state index contributed by atoms with van der Waals surface area (Å²) in [6, 6.07) is 0. The second-order valence-electron chi connectivity index (χ2n) is 6.47. The minimum Gasteiger partial charge on any atom is -0.463 e. The van der Waals surface area contributed by atoms with Gasteiger partial charge in [-0.15, -0.1) is 0 Å². The Labute approximate surface area is 141 Å². The van der Waals surface area contributed by atoms with E-state index in [0.29, 0.717) is 31.5 Å². The summed E-state index contributed by atoms with van der Waals surface area (Å²) in [5.74, 6) is -0.424. The van der Waals surface area contributed by atoms with E-state index in [-0.39, 0.29) is 42.5 Å². The Hall–Kier alpha value is -2.18. The smallest absolute Gasteiger partial charge is 0.309 e. The lowest BCUT2D eigenvalue weighted by atomic mass is 9.96. The third-order valence-electron chi connectivity index (χ3n) is 4.13. The van der Waals surface area contributed by atoms with Crippen LogP contribution in [0.15, 0.2) is 12.4 Å². The van der Waals surface area contributed by atoms with E-state index in [0.717, 1.165) is 0 Å². The van der Waals surface area contributed by atoms with Gasteiger partial charge in [-0.25, -0.2) is 0 Å². The number of likely N-dealkylation sites (tertiary alicyclic amines) is 1. The molecule has 132 valence electrons. The molecule has 0 bridgehead atoms. The topological polar surface area (TPSA) is 81.5 Å². The summed E-state index contributed by atoms with van der Waals surface area (Å²) in [5.41, 5.74) is 0.528. The van der Waals surface area contributed by atoms with Crippen molar-refractivity contribution in [3.05, 3.63) is 18.0 Å². The Morgan fingerprint density at radius 1 is 1.25 bits per heavy atom. The molecule has 1 aliphatic heterocycles. The lowest BCUT2D eigenvalue weighted by Gasteiger charge is -2.31. The number of esters is 1. The first kappa shape index (κ1) is 18.2. The standard InChI is InChI=1S/C17H25N3O4/c1-12(2)24-17(23)13-6-8-20(9-7-13)16(22)5-4-15(21)14-10-18-19(3)11-14/h10-13H,4-9H2,1-3H3. The quantitative estimate of drug-likeness (QED) is 0.582. The van der Waals surface area contributed by atoms with Gasteiger partial charge in [0.25, 0.3) is 0 Å². The number of piperidine rings is 1. The summed E-state index contributed by atoms with van der Waals surface area (Å²) in [7, 11) is 1.75. The molecule has 0 N–H and O–H groups in total. The fourth-order valence-electron chi connectivity index (χ4n) is 2.78. The van der Waals surface area contributed by atoms with E-state index in [4.69, 9.17) is 4.74 Å². The number of carbonyl (C=O) groups excluding carboxylic acids is 3. The molecule has 24 heavy (non-hydrogen) atoms. The van der Waals surface area contributed by atoms with E-state index in [1.165, 1.54) is 6.20 Å². The molecule has 1 aromatic rings. The summed E-state index contributed by atoms with van der Waals surface area (Å²) in [4.78, 5) is 37.8. The maximum atomic E-state index is 12.2. The van der Waals surface area contributed by atoms with Gasteiger partial charge in [0.15, 0.2) is 5.78 Å². The van der Waals surface area contributed by atoms with E-state index in [9.17, 15) is 14.4 Å². The fraction of sp³-hybridized carbons (Fsp3) is 0.647. The molecule has 0 radical (unpaired) electrons. The number of aromatic nitrogens is 2. The molecule has 0 aliphatic carbocycles. The number of carbonyl (C=O) groups is 3. The molecule has 1 fully saturated rings. The summed E-state index contributed by atoms with van der Waals surface area (Å²) in [6.07, 6.45) is 4.66. The van der Waals surface area contributed by atoms with Crippen molar-refractivity contribution in [1.29, 1.82) is 0 Å². The van der Waals surface area contributed by atoms with E-state index in [1.54, 1.807) is 22.8 Å². The molecule has 1 amide bonds. The number of rotatable bonds is 6. The van der Waals surface area contributed by atoms with Crippen molar-refractivity contribution in [1.82, 2.24) is 14.7 Å². The average Bonchev–Trinajstić information content (AvgIpc) is 2.98. The molecule has 2 rings (SSSR count). The van der Waals surface area contributed by atoms with Gasteiger partial charge in [0.1, 0.15) is 0 Å². The Balaban J connectivity index is 1.74. The van der Waals surface area contributed by atoms with Gasteiger partial charge in [0.05, 0.1) is 23.8 Å². The molecule has 7 heteroatoms. The molecular formula is C17H25N3O4. The first-order valence-electron chi connectivity index (χ1n) is 8.37. The van der Waals surface area contributed by atoms with Crippen LogP contribution >= 0.6 is 0 Å². The number of hydrogen-bond donors (Lipinski definition) is 0. The minimum absolute atomic E-state index is 0.0390. The predicted octanol–water partition coefficient (Wildman–Crippen LogP) is 1.57. The summed E-state index contributed by atoms with van der Waals surface area (Å²) >= 11 is 0. The van der Waals surface area contributed by atoms with E-state index in [1.807, 2.05) is 13.8 Å². The van der Waals surface area contributed by atoms with Crippen molar-refractivity contribution >= 4 is 17.7 Å². The van der Waals surface area contributed by atoms with Gasteiger partial charge in [-0.05, 0) is 26.7 Å². The Morgan fingerprint density at radius 2 is 1.92 bits per heavy atom. The van der Waals surface area contributed by atoms with Crippen LogP contribution in [0.4, 0.5) is 0 Å². The number of ether oxygens (including phenoxy) is 1. The van der Waals surface area contributed by atoms with Gasteiger partial charge in [-0.1, -0.05) is 0 Å². The lowest BCUT2D eigenvalue weighted by Crippen LogP contribution is -2.41. The molecule has 2 heterocycles. The molecule has 1 aromatic heterocycles. The van der Waals surface area contributed by atoms with E-state index < -0.39 is 0 Å². The number of ketones is 1. The van der Waals surface area contributed by atoms with Crippen LogP contribution in [0.3, 0.4) is 0 Å². The second-order valence-corrected chi connectivity index (χ2v) is 6.47. The third kappa shape index (κ3) is 4.91. The van der Waals surface area contributed by atoms with Crippen molar-refractivity contribution in [3.8, 4) is 0 Å². The van der Waals surface area contributed by atoms with Crippen molar-refractivity contribution < 1.29 is 19.1 Å². The first-order valence-corrected chi connectivity index (χ1v) is 8.37. The van der Waals surface area contributed by atoms with Gasteiger partial charge >= 0.3 is 5.97 Å². The van der Waals surface area contributed by atoms with Crippen molar-refractivity contribution in [2.24, 2.45) is 13.0 Å². The van der Waals surface area contributed by atoms with Crippen molar-refractivity contribution in [2.75, 3.05) is 13.1 Å².